The van der Waals surface area contributed by atoms with Gasteiger partial charge in [0.1, 0.15) is 0 Å². The third-order valence-corrected chi connectivity index (χ3v) is 1.93. The van der Waals surface area contributed by atoms with Gasteiger partial charge in [0.15, 0.2) is 0 Å². The number of hydrogen-bond acceptors (Lipinski definition) is 1. The summed E-state index contributed by atoms with van der Waals surface area (Å²) in [6.45, 7) is 1.94. The van der Waals surface area contributed by atoms with Crippen molar-refractivity contribution in [2.75, 3.05) is 0 Å². The van der Waals surface area contributed by atoms with Crippen LogP contribution >= 0.6 is 0 Å². The Bertz CT molecular complexity index is 73.0. The van der Waals surface area contributed by atoms with Crippen molar-refractivity contribution in [1.29, 1.82) is 0 Å². The van der Waals surface area contributed by atoms with Gasteiger partial charge in [-0.05, 0) is 19.8 Å². The van der Waals surface area contributed by atoms with E-state index in [1.54, 1.807) is 0 Å². The maximum atomic E-state index is 9.37. The Hall–Kier alpha value is 0.960. The van der Waals surface area contributed by atoms with Gasteiger partial charge < -0.3 is 5.11 Å². The van der Waals surface area contributed by atoms with E-state index in [2.05, 4.69) is 0 Å². The van der Waals surface area contributed by atoms with Crippen LogP contribution in [-0.2, 0) is 0 Å². The predicted molar refractivity (Wildman–Crippen MR) is 39.5 cm³/mol. The Morgan fingerprint density at radius 1 is 1.11 bits per heavy atom. The summed E-state index contributed by atoms with van der Waals surface area (Å²) < 4.78 is 0. The summed E-state index contributed by atoms with van der Waals surface area (Å²) in [5, 5.41) is 9.37. The Morgan fingerprint density at radius 2 is 1.56 bits per heavy atom. The Kier molecular flexibility index (Phi) is 4.39. The molecule has 49 valence electrons. The van der Waals surface area contributed by atoms with Crippen molar-refractivity contribution in [3.63, 3.8) is 0 Å². The van der Waals surface area contributed by atoms with E-state index in [9.17, 15) is 5.11 Å². The fourth-order valence-electron chi connectivity index (χ4n) is 1.31. The van der Waals surface area contributed by atoms with Crippen LogP contribution in [0.1, 0.15) is 39.0 Å². The molecule has 1 nitrogen and oxygen atoms in total. The van der Waals surface area contributed by atoms with E-state index in [1.165, 1.54) is 19.3 Å². The number of rotatable bonds is 0. The number of aliphatic hydroxyl groups is 1. The van der Waals surface area contributed by atoms with Gasteiger partial charge in [-0.3, -0.25) is 0 Å². The largest absolute Gasteiger partial charge is 0.390 e. The number of hydrogen-bond donors (Lipinski definition) is 1. The second-order valence-corrected chi connectivity index (χ2v) is 3.06. The minimum atomic E-state index is -0.321. The summed E-state index contributed by atoms with van der Waals surface area (Å²) in [7, 11) is 0. The minimum Gasteiger partial charge on any atom is -0.390 e. The summed E-state index contributed by atoms with van der Waals surface area (Å²) in [6, 6.07) is 0. The zero-order valence-corrected chi connectivity index (χ0v) is 8.48. The van der Waals surface area contributed by atoms with Crippen LogP contribution in [0.5, 0.6) is 0 Å². The van der Waals surface area contributed by atoms with E-state index < -0.39 is 0 Å². The van der Waals surface area contributed by atoms with Gasteiger partial charge in [0.25, 0.3) is 0 Å². The van der Waals surface area contributed by atoms with Crippen LogP contribution in [0, 0.1) is 0 Å². The second-order valence-electron chi connectivity index (χ2n) is 3.06. The molecule has 0 atom stereocenters. The van der Waals surface area contributed by atoms with Crippen molar-refractivity contribution in [1.82, 2.24) is 0 Å². The maximum Gasteiger partial charge on any atom is 0.0619 e. The van der Waals surface area contributed by atoms with E-state index in [4.69, 9.17) is 0 Å². The molecule has 1 rings (SSSR count). The molecule has 0 amide bonds. The van der Waals surface area contributed by atoms with E-state index in [0.29, 0.717) is 0 Å². The van der Waals surface area contributed by atoms with Crippen LogP contribution in [0.3, 0.4) is 0 Å². The molecular formula is C7H14NaO. The second kappa shape index (κ2) is 3.97. The van der Waals surface area contributed by atoms with E-state index in [0.717, 1.165) is 12.8 Å². The topological polar surface area (TPSA) is 20.2 Å². The first-order chi connectivity index (χ1) is 3.71. The van der Waals surface area contributed by atoms with Crippen LogP contribution in [0.15, 0.2) is 0 Å². The summed E-state index contributed by atoms with van der Waals surface area (Å²) in [6.07, 6.45) is 5.76. The molecule has 1 aliphatic rings. The van der Waals surface area contributed by atoms with Gasteiger partial charge in [-0.2, -0.15) is 0 Å². The predicted octanol–water partition coefficient (Wildman–Crippen LogP) is 1.32. The van der Waals surface area contributed by atoms with Crippen LogP contribution in [0.2, 0.25) is 0 Å². The molecule has 1 N–H and O–H groups in total. The third-order valence-electron chi connectivity index (χ3n) is 1.93. The average molecular weight is 137 g/mol. The van der Waals surface area contributed by atoms with E-state index in [1.807, 2.05) is 6.92 Å². The van der Waals surface area contributed by atoms with Gasteiger partial charge in [-0.25, -0.2) is 0 Å². The van der Waals surface area contributed by atoms with Gasteiger partial charge in [0.05, 0.1) is 5.60 Å². The normalized spacial score (nSPS) is 24.7. The van der Waals surface area contributed by atoms with Crippen molar-refractivity contribution in [2.45, 2.75) is 44.6 Å². The molecule has 0 aliphatic heterocycles. The van der Waals surface area contributed by atoms with Gasteiger partial charge in [0, 0.05) is 29.6 Å². The SMILES string of the molecule is CC1(O)CCCCC1.[Na]. The molecule has 0 unspecified atom stereocenters. The zero-order valence-electron chi connectivity index (χ0n) is 6.48. The van der Waals surface area contributed by atoms with Crippen molar-refractivity contribution >= 4 is 29.6 Å². The monoisotopic (exact) mass is 137 g/mol. The summed E-state index contributed by atoms with van der Waals surface area (Å²) in [5.74, 6) is 0. The molecule has 0 saturated heterocycles. The van der Waals surface area contributed by atoms with Gasteiger partial charge >= 0.3 is 0 Å². The fourth-order valence-corrected chi connectivity index (χ4v) is 1.31. The van der Waals surface area contributed by atoms with Crippen molar-refractivity contribution in [3.8, 4) is 0 Å². The Balaban J connectivity index is 0.000000640. The maximum absolute atomic E-state index is 9.37. The van der Waals surface area contributed by atoms with Crippen molar-refractivity contribution < 1.29 is 5.11 Å². The molecule has 9 heavy (non-hydrogen) atoms. The van der Waals surface area contributed by atoms with Crippen LogP contribution in [0.4, 0.5) is 0 Å². The van der Waals surface area contributed by atoms with Crippen molar-refractivity contribution in [2.24, 2.45) is 0 Å². The molecule has 1 saturated carbocycles. The molecule has 0 aromatic rings. The minimum absolute atomic E-state index is 0. The van der Waals surface area contributed by atoms with Gasteiger partial charge in [-0.15, -0.1) is 0 Å². The first-order valence-electron chi connectivity index (χ1n) is 3.43. The Labute approximate surface area is 79.1 Å². The first-order valence-corrected chi connectivity index (χ1v) is 3.43. The smallest absolute Gasteiger partial charge is 0.0619 e. The summed E-state index contributed by atoms with van der Waals surface area (Å²) >= 11 is 0. The van der Waals surface area contributed by atoms with E-state index in [-0.39, 0.29) is 35.2 Å². The molecule has 0 bridgehead atoms. The average Bonchev–Trinajstić information content (AvgIpc) is 1.65. The van der Waals surface area contributed by atoms with Crippen LogP contribution in [0.25, 0.3) is 0 Å². The molecule has 0 aromatic heterocycles. The third kappa shape index (κ3) is 3.61. The molecular weight excluding hydrogens is 123 g/mol. The zero-order chi connectivity index (χ0) is 6.04. The van der Waals surface area contributed by atoms with Crippen LogP contribution < -0.4 is 0 Å². The molecule has 1 radical (unpaired) electrons. The molecule has 1 aliphatic carbocycles. The molecule has 1 fully saturated rings. The van der Waals surface area contributed by atoms with Gasteiger partial charge in [0.2, 0.25) is 0 Å². The summed E-state index contributed by atoms with van der Waals surface area (Å²) in [5.41, 5.74) is -0.321. The summed E-state index contributed by atoms with van der Waals surface area (Å²) in [4.78, 5) is 0. The molecule has 0 spiro atoms. The first kappa shape index (κ1) is 9.96. The fraction of sp³-hybridized carbons (Fsp3) is 1.00. The molecule has 0 aromatic carbocycles. The standard InChI is InChI=1S/C7H14O.Na/c1-7(8)5-3-2-4-6-7;/h8H,2-6H2,1H3;. The van der Waals surface area contributed by atoms with Crippen LogP contribution in [-0.4, -0.2) is 40.3 Å². The van der Waals surface area contributed by atoms with Crippen molar-refractivity contribution in [3.05, 3.63) is 0 Å². The Morgan fingerprint density at radius 3 is 1.78 bits per heavy atom. The molecule has 0 heterocycles. The quantitative estimate of drug-likeness (QED) is 0.499. The van der Waals surface area contributed by atoms with Gasteiger partial charge in [-0.1, -0.05) is 19.3 Å². The van der Waals surface area contributed by atoms with E-state index >= 15 is 0 Å². The molecule has 2 heteroatoms.